The third-order valence-electron chi connectivity index (χ3n) is 10.1. The molecule has 314 valence electrons. The fourth-order valence-electron chi connectivity index (χ4n) is 7.02. The quantitative estimate of drug-likeness (QED) is 0.108. The van der Waals surface area contributed by atoms with Crippen LogP contribution in [0.5, 0.6) is 0 Å². The van der Waals surface area contributed by atoms with Crippen LogP contribution in [-0.2, 0) is 58.3 Å². The topological polar surface area (TPSA) is 75.6 Å². The largest absolute Gasteiger partial charge is 3.00 e. The van der Waals surface area contributed by atoms with Gasteiger partial charge < -0.3 is 19.4 Å². The Hall–Kier alpha value is -7.29. The van der Waals surface area contributed by atoms with E-state index >= 15 is 0 Å². The molecule has 0 saturated heterocycles. The van der Waals surface area contributed by atoms with Gasteiger partial charge in [0.05, 0.1) is 12.4 Å². The summed E-state index contributed by atoms with van der Waals surface area (Å²) in [6.07, 6.45) is -16.6. The van der Waals surface area contributed by atoms with E-state index in [9.17, 15) is 21.7 Å². The van der Waals surface area contributed by atoms with Gasteiger partial charge in [0.2, 0.25) is 0 Å². The van der Waals surface area contributed by atoms with Crippen molar-refractivity contribution in [1.29, 1.82) is 5.26 Å². The minimum atomic E-state index is -3.51. The van der Waals surface area contributed by atoms with Crippen molar-refractivity contribution in [3.05, 3.63) is 233 Å². The molecule has 0 atom stereocenters. The van der Waals surface area contributed by atoms with Crippen LogP contribution in [0.15, 0.2) is 175 Å². The minimum Gasteiger partial charge on any atom is -0.499 e. The van der Waals surface area contributed by atoms with E-state index in [-0.39, 0.29) is 70.3 Å². The van der Waals surface area contributed by atoms with Crippen molar-refractivity contribution in [3.8, 4) is 51.0 Å². The summed E-state index contributed by atoms with van der Waals surface area (Å²) in [7, 11) is 0. The summed E-state index contributed by atoms with van der Waals surface area (Å²) >= 11 is 0. The zero-order valence-electron chi connectivity index (χ0n) is 53.8. The summed E-state index contributed by atoms with van der Waals surface area (Å²) in [5, 5.41) is 11.2. The summed E-state index contributed by atoms with van der Waals surface area (Å²) in [6.45, 7) is -3.23. The van der Waals surface area contributed by atoms with Crippen LogP contribution in [0.1, 0.15) is 71.9 Å². The van der Waals surface area contributed by atoms with Gasteiger partial charge in [-0.05, 0) is 101 Å². The second kappa shape index (κ2) is 19.6. The van der Waals surface area contributed by atoms with Crippen molar-refractivity contribution in [2.75, 3.05) is 0 Å². The van der Waals surface area contributed by atoms with Gasteiger partial charge in [-0.1, -0.05) is 107 Å². The van der Waals surface area contributed by atoms with Gasteiger partial charge in [0.25, 0.3) is 0 Å². The Morgan fingerprint density at radius 2 is 1.20 bits per heavy atom. The van der Waals surface area contributed by atoms with Gasteiger partial charge >= 0.3 is 20.1 Å². The van der Waals surface area contributed by atoms with E-state index in [2.05, 4.69) is 33.2 Å². The van der Waals surface area contributed by atoms with Gasteiger partial charge in [-0.25, -0.2) is 0 Å². The van der Waals surface area contributed by atoms with Crippen LogP contribution in [0.4, 0.5) is 0 Å². The van der Waals surface area contributed by atoms with Crippen LogP contribution in [0, 0.1) is 36.4 Å². The molecule has 0 bridgehead atoms. The average molecular weight is 1040 g/mol. The van der Waals surface area contributed by atoms with Crippen LogP contribution in [0.2, 0.25) is 0 Å². The Balaban J connectivity index is 0.00000865. The molecule has 4 aromatic heterocycles. The minimum absolute atomic E-state index is 0. The Kier molecular flexibility index (Phi) is 7.63. The van der Waals surface area contributed by atoms with Crippen LogP contribution in [0.3, 0.4) is 0 Å². The summed E-state index contributed by atoms with van der Waals surface area (Å²) in [4.78, 5) is 13.1. The predicted molar refractivity (Wildman–Crippen MR) is 256 cm³/mol. The summed E-state index contributed by atoms with van der Waals surface area (Å²) in [6, 6.07) is 36.5. The molecule has 0 amide bonds. The van der Waals surface area contributed by atoms with E-state index in [1.54, 1.807) is 54.6 Å². The van der Waals surface area contributed by atoms with Crippen LogP contribution in [0.25, 0.3) is 66.8 Å². The molecule has 0 spiro atoms. The molecule has 5 nitrogen and oxygen atoms in total. The molecule has 10 rings (SSSR count). The molecule has 65 heavy (non-hydrogen) atoms. The molecule has 6 aromatic carbocycles. The zero-order chi connectivity index (χ0) is 60.9. The number of furan rings is 1. The number of hydrogen-bond acceptors (Lipinski definition) is 5. The number of rotatable bonds is 13. The second-order valence-electron chi connectivity index (χ2n) is 14.3. The number of benzene rings is 6. The van der Waals surface area contributed by atoms with Crippen molar-refractivity contribution >= 4 is 21.9 Å². The van der Waals surface area contributed by atoms with Gasteiger partial charge in [0.15, 0.2) is 0 Å². The Labute approximate surface area is 422 Å². The summed E-state index contributed by atoms with van der Waals surface area (Å²) < 4.78 is 187. The number of hydrogen-bond donors (Lipinski definition) is 0. The normalized spacial score (nSPS) is 17.1. The standard InChI is InChI=1S/C59H43N4O.Ir/c1-40-32-57(53-19-11-18-51-52-29-28-50(46-12-5-2-6-13-46)54(36-60)59(52)64-58(51)53)63-39-49(40)27-24-45-34-43(22-20-41-25-30-55(61-37-41)47-14-7-3-8-15-47)33-44(35-45)23-21-42-26-31-56(62-38-42)48-16-9-4-10-17-48;/h2-14,16,18,25-26,28-35,37-39H,20-24,27H2,1H3;/q-3;+3/i1D3,2D,5D,6D,12D,13D,20D2,21D2,22D2,23D2,24D2,27D2;. The van der Waals surface area contributed by atoms with Gasteiger partial charge in [0, 0.05) is 50.1 Å². The second-order valence-corrected chi connectivity index (χ2v) is 14.3. The smallest absolute Gasteiger partial charge is 0.499 e. The fraction of sp³-hybridized carbons (Fsp3) is 0.119. The van der Waals surface area contributed by atoms with Gasteiger partial charge in [-0.15, -0.1) is 90.0 Å². The molecule has 0 fully saturated rings. The maximum Gasteiger partial charge on any atom is 3.00 e. The number of aromatic nitrogens is 3. The maximum atomic E-state index is 10.5. The molecule has 0 radical (unpaired) electrons. The molecule has 4 heterocycles. The molecule has 0 N–H and O–H groups in total. The first-order valence-corrected chi connectivity index (χ1v) is 19.8. The van der Waals surface area contributed by atoms with Crippen molar-refractivity contribution in [3.63, 3.8) is 0 Å². The number of aryl methyl sites for hydroxylation is 7. The predicted octanol–water partition coefficient (Wildman–Crippen LogP) is 13.4. The Morgan fingerprint density at radius 3 is 1.77 bits per heavy atom. The first-order chi connectivity index (χ1) is 39.4. The number of fused-ring (bicyclic) bond motifs is 3. The number of nitrogens with zero attached hydrogens (tertiary/aromatic N) is 4. The Morgan fingerprint density at radius 1 is 0.600 bits per heavy atom. The zero-order valence-corrected chi connectivity index (χ0v) is 36.2. The molecular weight excluding hydrogens is 973 g/mol. The molecule has 6 heteroatoms. The number of nitriles is 1. The van der Waals surface area contributed by atoms with Crippen molar-refractivity contribution in [2.24, 2.45) is 0 Å². The van der Waals surface area contributed by atoms with Crippen molar-refractivity contribution in [1.82, 2.24) is 15.0 Å². The SMILES string of the molecule is [2H]c1c([2H])c([2H])c(-c2ccc3c(oc4c(-c5cc(C([2H])([2H])[2H])c(C([2H])([2H])C([2H])([2H])c6cc(C([2H])([2H])C([2H])([2H])c7ccc(-c8[c-]cccc8)nc7)cc(C([2H])([2H])C([2H])([2H])c7ccc(-c8[c-]cccc8)nc7)c6)cn5)[c-]ccc43)c2C#N)c([2H])c1[2H].[Ir+3]. The van der Waals surface area contributed by atoms with Crippen molar-refractivity contribution < 1.29 is 51.9 Å². The first kappa shape index (κ1) is 25.3. The maximum absolute atomic E-state index is 10.5. The molecule has 0 unspecified atom stereocenters. The van der Waals surface area contributed by atoms with E-state index in [1.807, 2.05) is 6.07 Å². The van der Waals surface area contributed by atoms with Gasteiger partial charge in [-0.2, -0.15) is 5.26 Å². The van der Waals surface area contributed by atoms with E-state index in [4.69, 9.17) is 15.4 Å². The number of pyridine rings is 3. The first-order valence-electron chi connectivity index (χ1n) is 29.8. The summed E-state index contributed by atoms with van der Waals surface area (Å²) in [5.41, 5.74) is -3.43. The van der Waals surface area contributed by atoms with E-state index in [1.165, 1.54) is 42.5 Å². The van der Waals surface area contributed by atoms with Crippen LogP contribution in [-0.4, -0.2) is 15.0 Å². The van der Waals surface area contributed by atoms with Crippen molar-refractivity contribution in [2.45, 2.75) is 45.1 Å². The third-order valence-corrected chi connectivity index (χ3v) is 10.1. The molecular formula is C59H43IrN4O. The van der Waals surface area contributed by atoms with E-state index in [0.29, 0.717) is 33.3 Å². The van der Waals surface area contributed by atoms with Crippen LogP contribution < -0.4 is 0 Å². The van der Waals surface area contributed by atoms with E-state index in [0.717, 1.165) is 42.9 Å². The van der Waals surface area contributed by atoms with Gasteiger partial charge in [0.1, 0.15) is 17.2 Å². The monoisotopic (exact) mass is 1040 g/mol. The Bertz CT molecular complexity index is 4110. The van der Waals surface area contributed by atoms with Gasteiger partial charge in [-0.3, -0.25) is 0 Å². The molecule has 0 aliphatic carbocycles. The third kappa shape index (κ3) is 9.49. The van der Waals surface area contributed by atoms with Crippen LogP contribution >= 0.6 is 0 Å². The molecule has 0 aliphatic heterocycles. The molecule has 10 aromatic rings. The fourth-order valence-corrected chi connectivity index (χ4v) is 7.02. The summed E-state index contributed by atoms with van der Waals surface area (Å²) in [5.74, 6) is 0. The van der Waals surface area contributed by atoms with E-state index < -0.39 is 103 Å². The average Bonchev–Trinajstić information content (AvgIpc) is 1.23. The molecule has 0 saturated carbocycles. The molecule has 0 aliphatic rings.